The predicted octanol–water partition coefficient (Wildman–Crippen LogP) is 3.65. The summed E-state index contributed by atoms with van der Waals surface area (Å²) >= 11 is 0. The Bertz CT molecular complexity index is 910. The van der Waals surface area contributed by atoms with E-state index in [2.05, 4.69) is 33.3 Å². The Labute approximate surface area is 116 Å². The summed E-state index contributed by atoms with van der Waals surface area (Å²) in [6.45, 7) is 0. The lowest BCUT2D eigenvalue weighted by molar-refractivity contribution is 1.32. The van der Waals surface area contributed by atoms with E-state index in [0.717, 1.165) is 32.9 Å². The molecule has 0 saturated heterocycles. The van der Waals surface area contributed by atoms with Crippen molar-refractivity contribution in [1.29, 1.82) is 0 Å². The lowest BCUT2D eigenvalue weighted by atomic mass is 10.0. The summed E-state index contributed by atoms with van der Waals surface area (Å²) < 4.78 is 0. The molecule has 0 aliphatic rings. The van der Waals surface area contributed by atoms with Gasteiger partial charge in [0.25, 0.3) is 0 Å². The second-order valence-corrected chi connectivity index (χ2v) is 4.59. The maximum absolute atomic E-state index is 4.40. The summed E-state index contributed by atoms with van der Waals surface area (Å²) in [5, 5.41) is 2.12. The van der Waals surface area contributed by atoms with Gasteiger partial charge in [-0.3, -0.25) is 9.97 Å². The molecular weight excluding hydrogens is 246 g/mol. The number of para-hydroxylation sites is 1. The van der Waals surface area contributed by atoms with Crippen molar-refractivity contribution in [2.24, 2.45) is 0 Å². The van der Waals surface area contributed by atoms with Crippen molar-refractivity contribution in [3.05, 3.63) is 67.3 Å². The molecule has 1 radical (unpaired) electrons. The smallest absolute Gasteiger partial charge is 0.0979 e. The number of aromatic nitrogens is 3. The van der Waals surface area contributed by atoms with Gasteiger partial charge in [0, 0.05) is 34.9 Å². The Morgan fingerprint density at radius 1 is 0.900 bits per heavy atom. The maximum atomic E-state index is 4.40. The van der Waals surface area contributed by atoms with Crippen LogP contribution in [0.15, 0.2) is 61.1 Å². The van der Waals surface area contributed by atoms with Crippen LogP contribution in [0.2, 0.25) is 0 Å². The fourth-order valence-corrected chi connectivity index (χ4v) is 2.38. The molecule has 0 unspecified atom stereocenters. The number of pyridine rings is 3. The van der Waals surface area contributed by atoms with Crippen LogP contribution in [0.25, 0.3) is 32.9 Å². The zero-order valence-electron chi connectivity index (χ0n) is 10.6. The standard InChI is InChI=1S/C17H10N3/c1-2-4-16-12(3-1)9-13(10-20-16)14-5-8-19-17-6-7-18-11-15(14)17/h1-9,11H. The molecule has 0 amide bonds. The molecule has 0 aliphatic heterocycles. The topological polar surface area (TPSA) is 38.7 Å². The van der Waals surface area contributed by atoms with Crippen LogP contribution < -0.4 is 0 Å². The molecular formula is C17H10N3. The first-order chi connectivity index (χ1) is 9.92. The number of rotatable bonds is 1. The Hall–Kier alpha value is -2.81. The van der Waals surface area contributed by atoms with Gasteiger partial charge in [0.2, 0.25) is 0 Å². The highest BCUT2D eigenvalue weighted by Crippen LogP contribution is 2.27. The van der Waals surface area contributed by atoms with Crippen molar-refractivity contribution in [2.75, 3.05) is 0 Å². The van der Waals surface area contributed by atoms with Gasteiger partial charge in [-0.1, -0.05) is 18.2 Å². The minimum atomic E-state index is 0.930. The molecule has 1 aromatic carbocycles. The SMILES string of the molecule is [c]1nc2ccccc2cc1-c1ccnc2ccncc12. The second kappa shape index (κ2) is 4.38. The van der Waals surface area contributed by atoms with Crippen LogP contribution >= 0.6 is 0 Å². The highest BCUT2D eigenvalue weighted by Gasteiger charge is 2.06. The largest absolute Gasteiger partial charge is 0.264 e. The molecule has 3 aromatic heterocycles. The zero-order chi connectivity index (χ0) is 13.4. The lowest BCUT2D eigenvalue weighted by Gasteiger charge is -2.06. The maximum Gasteiger partial charge on any atom is 0.0979 e. The van der Waals surface area contributed by atoms with E-state index in [1.807, 2.05) is 36.5 Å². The van der Waals surface area contributed by atoms with E-state index in [0.29, 0.717) is 0 Å². The Kier molecular flexibility index (Phi) is 2.42. The molecule has 0 fully saturated rings. The highest BCUT2D eigenvalue weighted by atomic mass is 14.7. The van der Waals surface area contributed by atoms with E-state index >= 15 is 0 Å². The predicted molar refractivity (Wildman–Crippen MR) is 79.1 cm³/mol. The van der Waals surface area contributed by atoms with E-state index in [-0.39, 0.29) is 0 Å². The molecule has 3 heteroatoms. The molecule has 93 valence electrons. The van der Waals surface area contributed by atoms with Crippen molar-refractivity contribution >= 4 is 21.8 Å². The van der Waals surface area contributed by atoms with Crippen molar-refractivity contribution in [2.45, 2.75) is 0 Å². The normalized spacial score (nSPS) is 11.0. The first-order valence-electron chi connectivity index (χ1n) is 6.38. The summed E-state index contributed by atoms with van der Waals surface area (Å²) in [6, 6.07) is 14.0. The minimum absolute atomic E-state index is 0.930. The molecule has 0 atom stereocenters. The fraction of sp³-hybridized carbons (Fsp3) is 0. The summed E-state index contributed by atoms with van der Waals surface area (Å²) in [6.07, 6.45) is 8.51. The third-order valence-electron chi connectivity index (χ3n) is 3.37. The molecule has 3 heterocycles. The van der Waals surface area contributed by atoms with Gasteiger partial charge in [0.15, 0.2) is 0 Å². The van der Waals surface area contributed by atoms with Crippen LogP contribution in [0.3, 0.4) is 0 Å². The van der Waals surface area contributed by atoms with Gasteiger partial charge in [0.1, 0.15) is 0 Å². The van der Waals surface area contributed by atoms with E-state index in [1.165, 1.54) is 0 Å². The summed E-state index contributed by atoms with van der Waals surface area (Å²) in [5.41, 5.74) is 3.90. The van der Waals surface area contributed by atoms with E-state index in [9.17, 15) is 0 Å². The van der Waals surface area contributed by atoms with Gasteiger partial charge >= 0.3 is 0 Å². The van der Waals surface area contributed by atoms with E-state index < -0.39 is 0 Å². The number of fused-ring (bicyclic) bond motifs is 2. The Morgan fingerprint density at radius 2 is 1.85 bits per heavy atom. The first kappa shape index (κ1) is 11.1. The van der Waals surface area contributed by atoms with Gasteiger partial charge < -0.3 is 0 Å². The molecule has 0 N–H and O–H groups in total. The van der Waals surface area contributed by atoms with Crippen molar-refractivity contribution < 1.29 is 0 Å². The summed E-state index contributed by atoms with van der Waals surface area (Å²) in [7, 11) is 0. The van der Waals surface area contributed by atoms with Gasteiger partial charge in [0.05, 0.1) is 17.2 Å². The van der Waals surface area contributed by atoms with Gasteiger partial charge in [-0.25, -0.2) is 4.98 Å². The molecule has 4 rings (SSSR count). The zero-order valence-corrected chi connectivity index (χ0v) is 10.6. The number of hydrogen-bond donors (Lipinski definition) is 0. The van der Waals surface area contributed by atoms with Crippen LogP contribution in [-0.4, -0.2) is 15.0 Å². The van der Waals surface area contributed by atoms with E-state index in [1.54, 1.807) is 12.4 Å². The molecule has 3 nitrogen and oxygen atoms in total. The summed E-state index contributed by atoms with van der Waals surface area (Å²) in [4.78, 5) is 12.9. The Morgan fingerprint density at radius 3 is 2.85 bits per heavy atom. The molecule has 20 heavy (non-hydrogen) atoms. The highest BCUT2D eigenvalue weighted by molar-refractivity contribution is 5.95. The van der Waals surface area contributed by atoms with Gasteiger partial charge in [-0.2, -0.15) is 0 Å². The van der Waals surface area contributed by atoms with Crippen molar-refractivity contribution in [1.82, 2.24) is 15.0 Å². The number of hydrogen-bond acceptors (Lipinski definition) is 3. The molecule has 0 bridgehead atoms. The third-order valence-corrected chi connectivity index (χ3v) is 3.37. The van der Waals surface area contributed by atoms with Crippen LogP contribution in [0.1, 0.15) is 0 Å². The van der Waals surface area contributed by atoms with Crippen molar-refractivity contribution in [3.63, 3.8) is 0 Å². The van der Waals surface area contributed by atoms with Gasteiger partial charge in [-0.15, -0.1) is 0 Å². The molecule has 4 aromatic rings. The fourth-order valence-electron chi connectivity index (χ4n) is 2.38. The lowest BCUT2D eigenvalue weighted by Crippen LogP contribution is -1.87. The third kappa shape index (κ3) is 1.72. The van der Waals surface area contributed by atoms with Crippen LogP contribution in [-0.2, 0) is 0 Å². The summed E-state index contributed by atoms with van der Waals surface area (Å²) in [5.74, 6) is 0. The van der Waals surface area contributed by atoms with Crippen LogP contribution in [0, 0.1) is 6.20 Å². The molecule has 0 aliphatic carbocycles. The first-order valence-corrected chi connectivity index (χ1v) is 6.38. The van der Waals surface area contributed by atoms with E-state index in [4.69, 9.17) is 0 Å². The average Bonchev–Trinajstić information content (AvgIpc) is 2.54. The molecule has 0 saturated carbocycles. The number of benzene rings is 1. The second-order valence-electron chi connectivity index (χ2n) is 4.59. The van der Waals surface area contributed by atoms with Gasteiger partial charge in [-0.05, 0) is 29.8 Å². The van der Waals surface area contributed by atoms with Crippen molar-refractivity contribution in [3.8, 4) is 11.1 Å². The monoisotopic (exact) mass is 256 g/mol. The number of nitrogens with zero attached hydrogens (tertiary/aromatic N) is 3. The minimum Gasteiger partial charge on any atom is -0.264 e. The molecule has 0 spiro atoms. The average molecular weight is 256 g/mol. The quantitative estimate of drug-likeness (QED) is 0.522. The van der Waals surface area contributed by atoms with Crippen LogP contribution in [0.4, 0.5) is 0 Å². The Balaban J connectivity index is 2.01. The van der Waals surface area contributed by atoms with Crippen LogP contribution in [0.5, 0.6) is 0 Å².